The normalized spacial score (nSPS) is 11.8. The van der Waals surface area contributed by atoms with E-state index in [0.717, 1.165) is 31.7 Å². The van der Waals surface area contributed by atoms with Gasteiger partial charge < -0.3 is 9.47 Å². The van der Waals surface area contributed by atoms with Gasteiger partial charge in [0.15, 0.2) is 0 Å². The summed E-state index contributed by atoms with van der Waals surface area (Å²) in [5, 5.41) is 0.832. The first kappa shape index (κ1) is 25.4. The molecule has 0 aliphatic carbocycles. The number of amides is 2. The summed E-state index contributed by atoms with van der Waals surface area (Å²) >= 11 is 1.57. The van der Waals surface area contributed by atoms with Crippen LogP contribution >= 0.6 is 11.3 Å². The van der Waals surface area contributed by atoms with Crippen molar-refractivity contribution in [3.63, 3.8) is 0 Å². The van der Waals surface area contributed by atoms with E-state index in [0.29, 0.717) is 11.3 Å². The molecule has 0 unspecified atom stereocenters. The molecular weight excluding hydrogens is 450 g/mol. The summed E-state index contributed by atoms with van der Waals surface area (Å²) < 4.78 is 11.0. The first-order chi connectivity index (χ1) is 15.7. The second kappa shape index (κ2) is 9.54. The number of aromatic nitrogens is 2. The van der Waals surface area contributed by atoms with Crippen LogP contribution in [0.5, 0.6) is 0 Å². The molecule has 0 atom stereocenters. The molecule has 0 bridgehead atoms. The van der Waals surface area contributed by atoms with Crippen LogP contribution in [-0.2, 0) is 9.47 Å². The van der Waals surface area contributed by atoms with E-state index in [-0.39, 0.29) is 0 Å². The first-order valence-electron chi connectivity index (χ1n) is 11.0. The highest BCUT2D eigenvalue weighted by Crippen LogP contribution is 2.35. The van der Waals surface area contributed by atoms with Gasteiger partial charge in [-0.1, -0.05) is 12.1 Å². The minimum absolute atomic E-state index is 0.394. The minimum Gasteiger partial charge on any atom is -0.443 e. The molecule has 0 saturated heterocycles. The number of pyridine rings is 1. The van der Waals surface area contributed by atoms with E-state index in [1.807, 2.05) is 44.2 Å². The molecule has 0 N–H and O–H groups in total. The Hall–Kier alpha value is -3.26. The topological polar surface area (TPSA) is 81.6 Å². The fourth-order valence-corrected chi connectivity index (χ4v) is 4.12. The van der Waals surface area contributed by atoms with Gasteiger partial charge in [-0.25, -0.2) is 14.6 Å². The number of thiazole rings is 1. The molecule has 1 aromatic carbocycles. The predicted molar refractivity (Wildman–Crippen MR) is 135 cm³/mol. The van der Waals surface area contributed by atoms with Gasteiger partial charge in [0.05, 0.1) is 17.1 Å². The number of hydrogen-bond donors (Lipinski definition) is 0. The lowest BCUT2D eigenvalue weighted by Crippen LogP contribution is -2.44. The Morgan fingerprint density at radius 1 is 0.912 bits per heavy atom. The molecule has 2 heterocycles. The summed E-state index contributed by atoms with van der Waals surface area (Å²) in [5.41, 5.74) is 2.09. The molecule has 0 aliphatic rings. The quantitative estimate of drug-likeness (QED) is 0.394. The molecule has 0 spiro atoms. The van der Waals surface area contributed by atoms with Crippen LogP contribution in [0.2, 0.25) is 0 Å². The molecule has 3 aromatic rings. The zero-order chi connectivity index (χ0) is 25.3. The third-order valence-electron chi connectivity index (χ3n) is 4.54. The van der Waals surface area contributed by atoms with Crippen LogP contribution in [-0.4, -0.2) is 33.4 Å². The molecule has 2 aromatic heterocycles. The van der Waals surface area contributed by atoms with Crippen molar-refractivity contribution >= 4 is 29.2 Å². The minimum atomic E-state index is -0.792. The van der Waals surface area contributed by atoms with Crippen molar-refractivity contribution < 1.29 is 19.1 Å². The van der Waals surface area contributed by atoms with Crippen molar-refractivity contribution in [2.45, 2.75) is 66.6 Å². The van der Waals surface area contributed by atoms with Gasteiger partial charge in [-0.05, 0) is 85.2 Å². The van der Waals surface area contributed by atoms with Gasteiger partial charge in [0, 0.05) is 16.6 Å². The zero-order valence-electron chi connectivity index (χ0n) is 20.9. The van der Waals surface area contributed by atoms with Crippen molar-refractivity contribution in [2.75, 3.05) is 4.90 Å². The second-order valence-corrected chi connectivity index (χ2v) is 11.1. The summed E-state index contributed by atoms with van der Waals surface area (Å²) in [6.45, 7) is 14.3. The molecular formula is C26H31N3O4S. The van der Waals surface area contributed by atoms with Gasteiger partial charge in [0.25, 0.3) is 0 Å². The smallest absolute Gasteiger partial charge is 0.424 e. The number of imide groups is 1. The molecule has 3 rings (SSSR count). The Morgan fingerprint density at radius 3 is 2.03 bits per heavy atom. The lowest BCUT2D eigenvalue weighted by Gasteiger charge is -2.29. The number of rotatable bonds is 3. The van der Waals surface area contributed by atoms with Crippen molar-refractivity contribution in [2.24, 2.45) is 0 Å². The van der Waals surface area contributed by atoms with Crippen LogP contribution in [0.1, 0.15) is 52.0 Å². The number of hydrogen-bond acceptors (Lipinski definition) is 7. The lowest BCUT2D eigenvalue weighted by atomic mass is 10.1. The summed E-state index contributed by atoms with van der Waals surface area (Å²) in [5.74, 6) is 0. The van der Waals surface area contributed by atoms with Gasteiger partial charge in [-0.3, -0.25) is 4.98 Å². The maximum Gasteiger partial charge on any atom is 0.424 e. The zero-order valence-corrected chi connectivity index (χ0v) is 21.7. The number of aryl methyl sites for hydroxylation is 2. The second-order valence-electron chi connectivity index (χ2n) is 9.94. The molecule has 8 heteroatoms. The summed E-state index contributed by atoms with van der Waals surface area (Å²) in [6, 6.07) is 11.2. The molecule has 0 radical (unpaired) electrons. The maximum atomic E-state index is 13.0. The molecule has 7 nitrogen and oxygen atoms in total. The molecule has 0 aliphatic heterocycles. The fourth-order valence-electron chi connectivity index (χ4n) is 3.20. The number of carbonyl (C=O) groups excluding carboxylic acids is 2. The Bertz CT molecular complexity index is 1160. The van der Waals surface area contributed by atoms with Crippen molar-refractivity contribution in [3.8, 4) is 22.0 Å². The van der Waals surface area contributed by atoms with E-state index in [1.54, 1.807) is 65.1 Å². The van der Waals surface area contributed by atoms with Gasteiger partial charge in [-0.2, -0.15) is 4.90 Å². The number of nitrogens with zero attached hydrogens (tertiary/aromatic N) is 3. The SMILES string of the molecule is Cc1cc(-c2nc(-c3ccccn3)sc2C)ccc1N(C(=O)OC(C)(C)C)C(=O)OC(C)(C)C. The average Bonchev–Trinajstić information content (AvgIpc) is 3.09. The van der Waals surface area contributed by atoms with Gasteiger partial charge in [0.1, 0.15) is 16.2 Å². The number of carbonyl (C=O) groups is 2. The molecule has 0 fully saturated rings. The largest absolute Gasteiger partial charge is 0.443 e. The van der Waals surface area contributed by atoms with Crippen LogP contribution < -0.4 is 4.90 Å². The highest BCUT2D eigenvalue weighted by Gasteiger charge is 2.33. The standard InChI is InChI=1S/C26H31N3O4S/c1-16-15-18(21-17(2)34-22(28-21)19-11-9-10-14-27-19)12-13-20(16)29(23(30)32-25(3,4)5)24(31)33-26(6,7)8/h9-15H,1-8H3. The van der Waals surface area contributed by atoms with E-state index in [1.165, 1.54) is 0 Å². The summed E-state index contributed by atoms with van der Waals surface area (Å²) in [7, 11) is 0. The Kier molecular flexibility index (Phi) is 7.12. The van der Waals surface area contributed by atoms with E-state index in [2.05, 4.69) is 4.98 Å². The van der Waals surface area contributed by atoms with Crippen molar-refractivity contribution in [1.82, 2.24) is 9.97 Å². The average molecular weight is 482 g/mol. The Balaban J connectivity index is 2.00. The van der Waals surface area contributed by atoms with Crippen LogP contribution in [0.3, 0.4) is 0 Å². The van der Waals surface area contributed by atoms with Gasteiger partial charge in [-0.15, -0.1) is 11.3 Å². The van der Waals surface area contributed by atoms with Crippen LogP contribution in [0, 0.1) is 13.8 Å². The number of ether oxygens (including phenoxy) is 2. The molecule has 34 heavy (non-hydrogen) atoms. The Morgan fingerprint density at radius 2 is 1.53 bits per heavy atom. The third-order valence-corrected chi connectivity index (χ3v) is 5.54. The lowest BCUT2D eigenvalue weighted by molar-refractivity contribution is 0.0430. The third kappa shape index (κ3) is 6.20. The predicted octanol–water partition coefficient (Wildman–Crippen LogP) is 7.17. The van der Waals surface area contributed by atoms with E-state index < -0.39 is 23.4 Å². The summed E-state index contributed by atoms with van der Waals surface area (Å²) in [4.78, 5) is 37.2. The molecule has 2 amide bonds. The highest BCUT2D eigenvalue weighted by molar-refractivity contribution is 7.15. The van der Waals surface area contributed by atoms with Crippen LogP contribution in [0.15, 0.2) is 42.6 Å². The van der Waals surface area contributed by atoms with Crippen molar-refractivity contribution in [3.05, 3.63) is 53.0 Å². The van der Waals surface area contributed by atoms with Gasteiger partial charge in [0.2, 0.25) is 0 Å². The van der Waals surface area contributed by atoms with E-state index >= 15 is 0 Å². The Labute approximate surface area is 204 Å². The fraction of sp³-hybridized carbons (Fsp3) is 0.385. The number of benzene rings is 1. The van der Waals surface area contributed by atoms with Gasteiger partial charge >= 0.3 is 12.2 Å². The highest BCUT2D eigenvalue weighted by atomic mass is 32.1. The summed E-state index contributed by atoms with van der Waals surface area (Å²) in [6.07, 6.45) is 0.159. The first-order valence-corrected chi connectivity index (χ1v) is 11.8. The van der Waals surface area contributed by atoms with Crippen LogP contribution in [0.25, 0.3) is 22.0 Å². The number of anilines is 1. The monoisotopic (exact) mass is 481 g/mol. The molecule has 180 valence electrons. The van der Waals surface area contributed by atoms with E-state index in [4.69, 9.17) is 14.5 Å². The maximum absolute atomic E-state index is 13.0. The van der Waals surface area contributed by atoms with E-state index in [9.17, 15) is 9.59 Å². The van der Waals surface area contributed by atoms with Crippen molar-refractivity contribution in [1.29, 1.82) is 0 Å². The molecule has 0 saturated carbocycles. The van der Waals surface area contributed by atoms with Crippen LogP contribution in [0.4, 0.5) is 15.3 Å².